The Morgan fingerprint density at radius 2 is 2.50 bits per heavy atom. The van der Waals surface area contributed by atoms with Crippen molar-refractivity contribution in [2.24, 2.45) is 5.92 Å². The molecule has 1 atom stereocenters. The maximum Gasteiger partial charge on any atom is 0.305 e. The summed E-state index contributed by atoms with van der Waals surface area (Å²) in [6.45, 7) is 2.51. The van der Waals surface area contributed by atoms with E-state index in [1.54, 1.807) is 0 Å². The summed E-state index contributed by atoms with van der Waals surface area (Å²) in [5.74, 6) is -0.337. The van der Waals surface area contributed by atoms with E-state index in [9.17, 15) is 4.79 Å². The van der Waals surface area contributed by atoms with Crippen molar-refractivity contribution in [2.75, 3.05) is 26.4 Å². The molecule has 0 aromatic carbocycles. The number of carbonyl (C=O) groups is 1. The van der Waals surface area contributed by atoms with Crippen molar-refractivity contribution in [1.29, 1.82) is 0 Å². The molecule has 0 aliphatic carbocycles. The topological polar surface area (TPSA) is 55.8 Å². The molecule has 1 saturated heterocycles. The predicted molar refractivity (Wildman–Crippen MR) is 42.0 cm³/mol. The molecule has 0 aromatic heterocycles. The van der Waals surface area contributed by atoms with E-state index in [0.717, 1.165) is 19.6 Å². The third kappa shape index (κ3) is 3.69. The van der Waals surface area contributed by atoms with Gasteiger partial charge in [-0.15, -0.1) is 0 Å². The fourth-order valence-electron chi connectivity index (χ4n) is 1.12. The second-order valence-electron chi connectivity index (χ2n) is 2.95. The van der Waals surface area contributed by atoms with Crippen LogP contribution in [0, 0.1) is 5.92 Å². The highest BCUT2D eigenvalue weighted by atomic mass is 16.5. The quantitative estimate of drug-likeness (QED) is 0.617. The predicted octanol–water partition coefficient (Wildman–Crippen LogP) is 0.514. The Balaban J connectivity index is 1.91. The molecular weight excluding hydrogens is 160 g/mol. The first-order chi connectivity index (χ1) is 5.79. The minimum Gasteiger partial charge on any atom is -0.481 e. The van der Waals surface area contributed by atoms with E-state index >= 15 is 0 Å². The van der Waals surface area contributed by atoms with E-state index in [1.807, 2.05) is 0 Å². The zero-order valence-corrected chi connectivity index (χ0v) is 6.99. The average Bonchev–Trinajstić information content (AvgIpc) is 2.49. The summed E-state index contributed by atoms with van der Waals surface area (Å²) >= 11 is 0. The summed E-state index contributed by atoms with van der Waals surface area (Å²) < 4.78 is 10.3. The maximum atomic E-state index is 10.1. The van der Waals surface area contributed by atoms with Crippen LogP contribution in [0.3, 0.4) is 0 Å². The van der Waals surface area contributed by atoms with Crippen LogP contribution in [0.2, 0.25) is 0 Å². The van der Waals surface area contributed by atoms with Crippen molar-refractivity contribution in [1.82, 2.24) is 0 Å². The highest BCUT2D eigenvalue weighted by molar-refractivity contribution is 5.66. The van der Waals surface area contributed by atoms with E-state index in [2.05, 4.69) is 0 Å². The third-order valence-electron chi connectivity index (χ3n) is 1.84. The molecule has 0 amide bonds. The van der Waals surface area contributed by atoms with Gasteiger partial charge in [-0.1, -0.05) is 0 Å². The van der Waals surface area contributed by atoms with E-state index in [0.29, 0.717) is 19.1 Å². The first kappa shape index (κ1) is 9.48. The number of aliphatic carboxylic acids is 1. The fourth-order valence-corrected chi connectivity index (χ4v) is 1.12. The summed E-state index contributed by atoms with van der Waals surface area (Å²) in [6, 6.07) is 0. The molecule has 4 nitrogen and oxygen atoms in total. The summed E-state index contributed by atoms with van der Waals surface area (Å²) in [6.07, 6.45) is 1.13. The van der Waals surface area contributed by atoms with Crippen molar-refractivity contribution in [3.63, 3.8) is 0 Å². The van der Waals surface area contributed by atoms with Gasteiger partial charge in [0.1, 0.15) is 0 Å². The van der Waals surface area contributed by atoms with Crippen molar-refractivity contribution < 1.29 is 19.4 Å². The lowest BCUT2D eigenvalue weighted by molar-refractivity contribution is -0.138. The number of carboxylic acids is 1. The van der Waals surface area contributed by atoms with Gasteiger partial charge in [-0.05, 0) is 6.42 Å². The van der Waals surface area contributed by atoms with Crippen LogP contribution in [0.4, 0.5) is 0 Å². The molecule has 0 saturated carbocycles. The zero-order chi connectivity index (χ0) is 8.81. The van der Waals surface area contributed by atoms with Crippen molar-refractivity contribution in [3.05, 3.63) is 0 Å². The second kappa shape index (κ2) is 5.11. The largest absolute Gasteiger partial charge is 0.481 e. The molecule has 1 aliphatic rings. The van der Waals surface area contributed by atoms with E-state index < -0.39 is 5.97 Å². The van der Waals surface area contributed by atoms with Crippen molar-refractivity contribution in [2.45, 2.75) is 12.8 Å². The van der Waals surface area contributed by atoms with Gasteiger partial charge in [0.05, 0.1) is 26.2 Å². The van der Waals surface area contributed by atoms with Crippen LogP contribution in [0.15, 0.2) is 0 Å². The lowest BCUT2D eigenvalue weighted by Crippen LogP contribution is -2.11. The van der Waals surface area contributed by atoms with Gasteiger partial charge >= 0.3 is 5.97 Å². The molecule has 0 bridgehead atoms. The molecule has 0 radical (unpaired) electrons. The molecule has 4 heteroatoms. The Morgan fingerprint density at radius 3 is 3.08 bits per heavy atom. The average molecular weight is 174 g/mol. The number of ether oxygens (including phenoxy) is 2. The van der Waals surface area contributed by atoms with Gasteiger partial charge in [0.15, 0.2) is 0 Å². The minimum atomic E-state index is -0.808. The molecule has 0 aromatic rings. The Kier molecular flexibility index (Phi) is 4.04. The summed E-state index contributed by atoms with van der Waals surface area (Å²) in [5.41, 5.74) is 0. The third-order valence-corrected chi connectivity index (χ3v) is 1.84. The van der Waals surface area contributed by atoms with E-state index in [1.165, 1.54) is 0 Å². The standard InChI is InChI=1S/C8H14O4/c9-8(10)2-4-12-6-7-1-3-11-5-7/h7H,1-6H2,(H,9,10). The van der Waals surface area contributed by atoms with Crippen LogP contribution in [0.25, 0.3) is 0 Å². The number of hydrogen-bond acceptors (Lipinski definition) is 3. The highest BCUT2D eigenvalue weighted by Gasteiger charge is 2.15. The minimum absolute atomic E-state index is 0.0909. The maximum absolute atomic E-state index is 10.1. The fraction of sp³-hybridized carbons (Fsp3) is 0.875. The molecule has 1 rings (SSSR count). The number of hydrogen-bond donors (Lipinski definition) is 1. The van der Waals surface area contributed by atoms with Crippen molar-refractivity contribution in [3.8, 4) is 0 Å². The lowest BCUT2D eigenvalue weighted by atomic mass is 10.1. The van der Waals surface area contributed by atoms with Gasteiger partial charge in [-0.25, -0.2) is 0 Å². The zero-order valence-electron chi connectivity index (χ0n) is 6.99. The first-order valence-corrected chi connectivity index (χ1v) is 4.16. The number of rotatable bonds is 5. The van der Waals surface area contributed by atoms with Crippen molar-refractivity contribution >= 4 is 5.97 Å². The number of carboxylic acid groups (broad SMARTS) is 1. The summed E-state index contributed by atoms with van der Waals surface area (Å²) in [7, 11) is 0. The van der Waals surface area contributed by atoms with Gasteiger partial charge in [-0.3, -0.25) is 4.79 Å². The van der Waals surface area contributed by atoms with Crippen LogP contribution in [0.1, 0.15) is 12.8 Å². The molecule has 70 valence electrons. The molecule has 1 heterocycles. The molecule has 1 fully saturated rings. The van der Waals surface area contributed by atoms with E-state index in [-0.39, 0.29) is 6.42 Å². The molecule has 1 unspecified atom stereocenters. The van der Waals surface area contributed by atoms with Crippen LogP contribution >= 0.6 is 0 Å². The molecule has 1 N–H and O–H groups in total. The normalized spacial score (nSPS) is 22.8. The first-order valence-electron chi connectivity index (χ1n) is 4.16. The summed E-state index contributed by atoms with van der Waals surface area (Å²) in [4.78, 5) is 10.1. The Hall–Kier alpha value is -0.610. The van der Waals surface area contributed by atoms with Crippen LogP contribution in [-0.2, 0) is 14.3 Å². The smallest absolute Gasteiger partial charge is 0.305 e. The van der Waals surface area contributed by atoms with Crippen LogP contribution in [-0.4, -0.2) is 37.5 Å². The van der Waals surface area contributed by atoms with Crippen LogP contribution < -0.4 is 0 Å². The Morgan fingerprint density at radius 1 is 1.67 bits per heavy atom. The van der Waals surface area contributed by atoms with Gasteiger partial charge in [0.2, 0.25) is 0 Å². The summed E-state index contributed by atoms with van der Waals surface area (Å²) in [5, 5.41) is 8.30. The monoisotopic (exact) mass is 174 g/mol. The SMILES string of the molecule is O=C(O)CCOCC1CCOC1. The second-order valence-corrected chi connectivity index (χ2v) is 2.95. The van der Waals surface area contributed by atoms with Gasteiger partial charge in [-0.2, -0.15) is 0 Å². The van der Waals surface area contributed by atoms with E-state index in [4.69, 9.17) is 14.6 Å². The molecule has 12 heavy (non-hydrogen) atoms. The Labute approximate surface area is 71.5 Å². The lowest BCUT2D eigenvalue weighted by Gasteiger charge is -2.06. The van der Waals surface area contributed by atoms with Gasteiger partial charge in [0.25, 0.3) is 0 Å². The highest BCUT2D eigenvalue weighted by Crippen LogP contribution is 2.12. The molecule has 1 aliphatic heterocycles. The van der Waals surface area contributed by atoms with Gasteiger partial charge in [0, 0.05) is 12.5 Å². The Bertz CT molecular complexity index is 140. The van der Waals surface area contributed by atoms with Crippen LogP contribution in [0.5, 0.6) is 0 Å². The molecular formula is C8H14O4. The van der Waals surface area contributed by atoms with Gasteiger partial charge < -0.3 is 14.6 Å². The molecule has 0 spiro atoms.